The highest BCUT2D eigenvalue weighted by atomic mass is 32.2. The number of aliphatic imine (C=N–C) groups is 1. The largest absolute Gasteiger partial charge is 0.444 e. The number of nitrogens with one attached hydrogen (secondary N) is 2. The standard InChI is InChI=1S/C22H26N4O3S/c1-3-23-22(24-14-13-17-9-11-20(12-10-17)30(2,27)28)25-15-19-16-29-21(26-19)18-7-5-4-6-8-18/h4-12,16H,3,13-15H2,1-2H3,(H2,23,24,25). The van der Waals surface area contributed by atoms with Gasteiger partial charge in [-0.1, -0.05) is 30.3 Å². The van der Waals surface area contributed by atoms with Gasteiger partial charge >= 0.3 is 0 Å². The van der Waals surface area contributed by atoms with Gasteiger partial charge in [-0.3, -0.25) is 0 Å². The molecule has 2 aromatic carbocycles. The lowest BCUT2D eigenvalue weighted by Gasteiger charge is -2.11. The second-order valence-electron chi connectivity index (χ2n) is 6.80. The van der Waals surface area contributed by atoms with Gasteiger partial charge in [-0.25, -0.2) is 18.4 Å². The van der Waals surface area contributed by atoms with Crippen molar-refractivity contribution in [2.75, 3.05) is 19.3 Å². The maximum atomic E-state index is 11.5. The third-order valence-corrected chi connectivity index (χ3v) is 5.50. The van der Waals surface area contributed by atoms with Crippen molar-refractivity contribution >= 4 is 15.8 Å². The van der Waals surface area contributed by atoms with Crippen LogP contribution >= 0.6 is 0 Å². The Morgan fingerprint density at radius 2 is 1.80 bits per heavy atom. The molecule has 2 N–H and O–H groups in total. The first-order valence-corrected chi connectivity index (χ1v) is 11.7. The Bertz CT molecular complexity index is 1080. The van der Waals surface area contributed by atoms with E-state index in [2.05, 4.69) is 20.6 Å². The van der Waals surface area contributed by atoms with Crippen LogP contribution in [0.25, 0.3) is 11.5 Å². The van der Waals surface area contributed by atoms with Gasteiger partial charge in [0.1, 0.15) is 12.0 Å². The van der Waals surface area contributed by atoms with Gasteiger partial charge in [0.25, 0.3) is 0 Å². The summed E-state index contributed by atoms with van der Waals surface area (Å²) in [6.07, 6.45) is 3.58. The zero-order valence-electron chi connectivity index (χ0n) is 17.1. The molecule has 0 radical (unpaired) electrons. The smallest absolute Gasteiger partial charge is 0.226 e. The van der Waals surface area contributed by atoms with Crippen LogP contribution in [0, 0.1) is 0 Å². The highest BCUT2D eigenvalue weighted by molar-refractivity contribution is 7.90. The average Bonchev–Trinajstić information content (AvgIpc) is 3.21. The van der Waals surface area contributed by atoms with E-state index in [0.29, 0.717) is 29.8 Å². The third-order valence-electron chi connectivity index (χ3n) is 4.37. The van der Waals surface area contributed by atoms with Crippen molar-refractivity contribution in [3.05, 3.63) is 72.1 Å². The lowest BCUT2D eigenvalue weighted by molar-refractivity contribution is 0.572. The van der Waals surface area contributed by atoms with Crippen molar-refractivity contribution < 1.29 is 12.8 Å². The minimum Gasteiger partial charge on any atom is -0.444 e. The second kappa shape index (κ2) is 10.1. The fraction of sp³-hybridized carbons (Fsp3) is 0.273. The zero-order chi connectivity index (χ0) is 21.4. The van der Waals surface area contributed by atoms with Gasteiger partial charge < -0.3 is 15.1 Å². The summed E-state index contributed by atoms with van der Waals surface area (Å²) < 4.78 is 28.6. The van der Waals surface area contributed by atoms with Crippen LogP contribution in [0.3, 0.4) is 0 Å². The normalized spacial score (nSPS) is 12.0. The highest BCUT2D eigenvalue weighted by Gasteiger charge is 2.07. The van der Waals surface area contributed by atoms with Crippen molar-refractivity contribution in [3.8, 4) is 11.5 Å². The molecule has 1 heterocycles. The van der Waals surface area contributed by atoms with Crippen molar-refractivity contribution in [1.29, 1.82) is 0 Å². The van der Waals surface area contributed by atoms with Crippen LogP contribution in [0.4, 0.5) is 0 Å². The Morgan fingerprint density at radius 1 is 1.07 bits per heavy atom. The summed E-state index contributed by atoms with van der Waals surface area (Å²) in [4.78, 5) is 9.38. The van der Waals surface area contributed by atoms with Crippen LogP contribution in [0.5, 0.6) is 0 Å². The van der Waals surface area contributed by atoms with Gasteiger partial charge in [-0.05, 0) is 43.2 Å². The first-order valence-electron chi connectivity index (χ1n) is 9.76. The zero-order valence-corrected chi connectivity index (χ0v) is 17.9. The maximum Gasteiger partial charge on any atom is 0.226 e. The highest BCUT2D eigenvalue weighted by Crippen LogP contribution is 2.18. The van der Waals surface area contributed by atoms with Crippen LogP contribution in [-0.2, 0) is 22.8 Å². The predicted octanol–water partition coefficient (Wildman–Crippen LogP) is 3.04. The van der Waals surface area contributed by atoms with Crippen LogP contribution in [0.1, 0.15) is 18.2 Å². The molecule has 0 saturated carbocycles. The molecule has 0 spiro atoms. The van der Waals surface area contributed by atoms with Crippen LogP contribution in [-0.4, -0.2) is 38.7 Å². The minimum atomic E-state index is -3.17. The molecule has 0 atom stereocenters. The van der Waals surface area contributed by atoms with E-state index in [9.17, 15) is 8.42 Å². The lowest BCUT2D eigenvalue weighted by atomic mass is 10.1. The van der Waals surface area contributed by atoms with Gasteiger partial charge in [0, 0.05) is 24.9 Å². The van der Waals surface area contributed by atoms with Crippen LogP contribution in [0.15, 0.2) is 75.2 Å². The predicted molar refractivity (Wildman–Crippen MR) is 118 cm³/mol. The summed E-state index contributed by atoms with van der Waals surface area (Å²) in [6.45, 7) is 3.81. The first-order chi connectivity index (χ1) is 14.5. The van der Waals surface area contributed by atoms with Crippen molar-refractivity contribution in [1.82, 2.24) is 15.6 Å². The quantitative estimate of drug-likeness (QED) is 0.425. The first kappa shape index (κ1) is 21.6. The monoisotopic (exact) mass is 426 g/mol. The number of oxazole rings is 1. The average molecular weight is 427 g/mol. The number of hydrogen-bond donors (Lipinski definition) is 2. The van der Waals surface area contributed by atoms with Crippen molar-refractivity contribution in [3.63, 3.8) is 0 Å². The van der Waals surface area contributed by atoms with E-state index in [1.165, 1.54) is 6.26 Å². The van der Waals surface area contributed by atoms with Gasteiger partial charge in [0.05, 0.1) is 11.4 Å². The molecule has 0 amide bonds. The molecule has 0 bridgehead atoms. The summed E-state index contributed by atoms with van der Waals surface area (Å²) in [6, 6.07) is 16.7. The fourth-order valence-corrected chi connectivity index (χ4v) is 3.45. The SMILES string of the molecule is CCNC(=NCc1coc(-c2ccccc2)n1)NCCc1ccc(S(C)(=O)=O)cc1. The van der Waals surface area contributed by atoms with Crippen LogP contribution in [0.2, 0.25) is 0 Å². The molecule has 30 heavy (non-hydrogen) atoms. The number of aromatic nitrogens is 1. The molecular weight excluding hydrogens is 400 g/mol. The summed E-state index contributed by atoms with van der Waals surface area (Å²) >= 11 is 0. The molecule has 0 aliphatic heterocycles. The molecule has 0 unspecified atom stereocenters. The van der Waals surface area contributed by atoms with Gasteiger partial charge in [0.2, 0.25) is 5.89 Å². The fourth-order valence-electron chi connectivity index (χ4n) is 2.82. The molecular formula is C22H26N4O3S. The lowest BCUT2D eigenvalue weighted by Crippen LogP contribution is -2.38. The Balaban J connectivity index is 1.55. The van der Waals surface area contributed by atoms with Crippen LogP contribution < -0.4 is 10.6 Å². The molecule has 7 nitrogen and oxygen atoms in total. The molecule has 0 fully saturated rings. The van der Waals surface area contributed by atoms with E-state index in [1.807, 2.05) is 49.4 Å². The topological polar surface area (TPSA) is 96.6 Å². The maximum absolute atomic E-state index is 11.5. The number of hydrogen-bond acceptors (Lipinski definition) is 5. The summed E-state index contributed by atoms with van der Waals surface area (Å²) in [5, 5.41) is 6.49. The third kappa shape index (κ3) is 6.18. The van der Waals surface area contributed by atoms with E-state index in [-0.39, 0.29) is 0 Å². The van der Waals surface area contributed by atoms with E-state index in [4.69, 9.17) is 4.42 Å². The molecule has 0 saturated heterocycles. The number of guanidine groups is 1. The number of sulfone groups is 1. The Morgan fingerprint density at radius 3 is 2.47 bits per heavy atom. The van der Waals surface area contributed by atoms with E-state index >= 15 is 0 Å². The Hall–Kier alpha value is -3.13. The molecule has 158 valence electrons. The molecule has 0 aliphatic rings. The van der Waals surface area contributed by atoms with E-state index < -0.39 is 9.84 Å². The van der Waals surface area contributed by atoms with E-state index in [1.54, 1.807) is 18.4 Å². The molecule has 3 rings (SSSR count). The Labute approximate surface area is 177 Å². The molecule has 1 aromatic heterocycles. The Kier molecular flexibility index (Phi) is 7.24. The number of rotatable bonds is 8. The molecule has 8 heteroatoms. The summed E-state index contributed by atoms with van der Waals surface area (Å²) in [5.74, 6) is 1.27. The molecule has 0 aliphatic carbocycles. The van der Waals surface area contributed by atoms with Crippen molar-refractivity contribution in [2.45, 2.75) is 24.8 Å². The van der Waals surface area contributed by atoms with E-state index in [0.717, 1.165) is 29.8 Å². The van der Waals surface area contributed by atoms with Gasteiger partial charge in [0.15, 0.2) is 15.8 Å². The van der Waals surface area contributed by atoms with Crippen molar-refractivity contribution in [2.24, 2.45) is 4.99 Å². The van der Waals surface area contributed by atoms with Gasteiger partial charge in [-0.2, -0.15) is 0 Å². The number of benzene rings is 2. The number of nitrogens with zero attached hydrogens (tertiary/aromatic N) is 2. The summed E-state index contributed by atoms with van der Waals surface area (Å²) in [7, 11) is -3.17. The molecule has 3 aromatic rings. The summed E-state index contributed by atoms with van der Waals surface area (Å²) in [5.41, 5.74) is 2.73. The minimum absolute atomic E-state index is 0.330. The second-order valence-corrected chi connectivity index (χ2v) is 8.81. The van der Waals surface area contributed by atoms with Gasteiger partial charge in [-0.15, -0.1) is 0 Å².